The Morgan fingerprint density at radius 3 is 1.19 bits per heavy atom. The molecule has 1 aliphatic carbocycles. The molecule has 2 aliphatic rings. The molecule has 7 rings (SSSR count). The van der Waals surface area contributed by atoms with E-state index in [9.17, 15) is 14.7 Å². The first-order valence-corrected chi connectivity index (χ1v) is 31.8. The van der Waals surface area contributed by atoms with E-state index >= 15 is 0 Å². The van der Waals surface area contributed by atoms with Gasteiger partial charge in [0.2, 0.25) is 22.9 Å². The summed E-state index contributed by atoms with van der Waals surface area (Å²) in [4.78, 5) is 31.5. The van der Waals surface area contributed by atoms with Crippen molar-refractivity contribution in [2.45, 2.75) is 158 Å². The number of allylic oxidation sites excluding steroid dienone is 3. The van der Waals surface area contributed by atoms with Gasteiger partial charge in [0.25, 0.3) is 5.04 Å². The number of hydrogen-bond acceptors (Lipinski definition) is 10. The molecule has 0 radical (unpaired) electrons. The number of anilines is 3. The van der Waals surface area contributed by atoms with Crippen LogP contribution in [0, 0.1) is 23.7 Å². The Bertz CT molecular complexity index is 2740. The van der Waals surface area contributed by atoms with Crippen LogP contribution in [0.2, 0.25) is 0 Å². The van der Waals surface area contributed by atoms with Crippen LogP contribution in [0.25, 0.3) is 5.57 Å². The van der Waals surface area contributed by atoms with E-state index in [1.54, 1.807) is 0 Å². The molecule has 4 atom stereocenters. The van der Waals surface area contributed by atoms with Gasteiger partial charge < -0.3 is 29.0 Å². The summed E-state index contributed by atoms with van der Waals surface area (Å²) in [5, 5.41) is 13.7. The first-order chi connectivity index (χ1) is 39.1. The third kappa shape index (κ3) is 16.6. The smallest absolute Gasteiger partial charge is 0.251 e. The number of Topliss-reactive ketones (excluding diaryl/α,β-unsaturated/α-hetero) is 2. The third-order valence-electron chi connectivity index (χ3n) is 15.7. The second-order valence-electron chi connectivity index (χ2n) is 21.6. The van der Waals surface area contributed by atoms with E-state index in [2.05, 4.69) is 113 Å². The molecule has 0 spiro atoms. The second kappa shape index (κ2) is 31.8. The lowest BCUT2D eigenvalue weighted by Gasteiger charge is -2.24. The molecule has 5 aromatic rings. The Hall–Kier alpha value is -6.04. The molecule has 1 N–H and O–H groups in total. The molecule has 80 heavy (non-hydrogen) atoms. The zero-order valence-electron chi connectivity index (χ0n) is 49.1. The molecule has 9 nitrogen and oxygen atoms in total. The molecular weight excluding hydrogens is 1030 g/mol. The molecule has 11 heteroatoms. The predicted molar refractivity (Wildman–Crippen MR) is 337 cm³/mol. The van der Waals surface area contributed by atoms with Gasteiger partial charge in [0.05, 0.1) is 37.6 Å². The summed E-state index contributed by atoms with van der Waals surface area (Å²) in [6.07, 6.45) is 22.1. The number of ketones is 2. The standard InChI is InChI=1S/C69H88N2O7S2/c1-9-17-21-49(13-5)45-75-57-33-25-53(26-34-57)70(54-27-35-58(36-28-54)76-46-50(14-6)22-18-10-2)63-43-41-61(79-63)65-67(72)66(69(74)68(65)73)62-42-44-64(80-62)71(55-29-37-59(38-30-55)77-47-51(15-7)23-19-11-3)56-31-39-60(40-32-56)78-48-52(16-8)24-20-12-4/h25-44,49-52H,9-24,45-48H2,1-8H3/p+1. The Kier molecular flexibility index (Phi) is 24.5. The minimum atomic E-state index is -0.730. The number of hydrogen-bond donors (Lipinski definition) is 1. The van der Waals surface area contributed by atoms with Crippen molar-refractivity contribution in [3.8, 4) is 23.0 Å². The van der Waals surface area contributed by atoms with Crippen LogP contribution in [0.4, 0.5) is 27.8 Å². The number of unbranched alkanes of at least 4 members (excludes halogenated alkanes) is 4. The van der Waals surface area contributed by atoms with E-state index in [0.29, 0.717) is 59.9 Å². The number of carbonyl (C=O) groups is 2. The minimum absolute atomic E-state index is 0.00814. The van der Waals surface area contributed by atoms with Gasteiger partial charge in [0.15, 0.2) is 0 Å². The SMILES string of the molecule is CCCCC(CC)COc1ccc(N(c2ccc(OCC(CC)CCCC)cc2)c2ccc(C3=C(O)/C(=C4\C=CC(=[N+](c5ccc(OCC(CC)CCCC)cc5)c5ccc(OCC(CC)CCCC)cc5)S4)C(=O)C3=O)s2)cc1. The lowest BCUT2D eigenvalue weighted by atomic mass is 10.0. The normalized spacial score (nSPS) is 15.8. The van der Waals surface area contributed by atoms with Crippen molar-refractivity contribution in [2.75, 3.05) is 31.3 Å². The highest BCUT2D eigenvalue weighted by molar-refractivity contribution is 8.18. The fourth-order valence-electron chi connectivity index (χ4n) is 10.2. The van der Waals surface area contributed by atoms with Gasteiger partial charge in [0, 0.05) is 51.5 Å². The van der Waals surface area contributed by atoms with Gasteiger partial charge in [-0.15, -0.1) is 15.9 Å². The average molecular weight is 1120 g/mol. The third-order valence-corrected chi connectivity index (χ3v) is 17.9. The number of thioether (sulfide) groups is 1. The van der Waals surface area contributed by atoms with Gasteiger partial charge in [-0.1, -0.05) is 132 Å². The van der Waals surface area contributed by atoms with E-state index in [1.807, 2.05) is 72.8 Å². The first kappa shape index (κ1) is 61.6. The highest BCUT2D eigenvalue weighted by Gasteiger charge is 2.41. The van der Waals surface area contributed by atoms with E-state index in [-0.39, 0.29) is 16.9 Å². The van der Waals surface area contributed by atoms with Gasteiger partial charge in [-0.05, 0) is 152 Å². The predicted octanol–water partition coefficient (Wildman–Crippen LogP) is 19.5. The summed E-state index contributed by atoms with van der Waals surface area (Å²) >= 11 is 2.70. The van der Waals surface area contributed by atoms with Crippen molar-refractivity contribution < 1.29 is 33.6 Å². The molecule has 1 aromatic heterocycles. The molecule has 0 saturated heterocycles. The Morgan fingerprint density at radius 1 is 0.463 bits per heavy atom. The Morgan fingerprint density at radius 2 is 0.825 bits per heavy atom. The lowest BCUT2D eigenvalue weighted by molar-refractivity contribution is -0.130. The topological polar surface area (TPSA) is 97.5 Å². The minimum Gasteiger partial charge on any atom is -0.506 e. The molecule has 0 bridgehead atoms. The van der Waals surface area contributed by atoms with E-state index in [1.165, 1.54) is 74.5 Å². The monoisotopic (exact) mass is 1120 g/mol. The number of aliphatic hydroxyl groups is 1. The van der Waals surface area contributed by atoms with Crippen molar-refractivity contribution in [3.05, 3.63) is 142 Å². The van der Waals surface area contributed by atoms with Gasteiger partial charge in [-0.3, -0.25) is 9.59 Å². The van der Waals surface area contributed by atoms with Crippen LogP contribution in [0.1, 0.15) is 163 Å². The molecule has 0 fully saturated rings. The Labute approximate surface area is 487 Å². The van der Waals surface area contributed by atoms with Crippen molar-refractivity contribution >= 4 is 73.0 Å². The van der Waals surface area contributed by atoms with E-state index in [4.69, 9.17) is 18.9 Å². The van der Waals surface area contributed by atoms with Crippen LogP contribution < -0.4 is 28.4 Å². The van der Waals surface area contributed by atoms with Crippen LogP contribution in [0.15, 0.2) is 138 Å². The summed E-state index contributed by atoms with van der Waals surface area (Å²) in [5.74, 6) is 3.48. The molecule has 4 unspecified atom stereocenters. The molecule has 0 saturated carbocycles. The van der Waals surface area contributed by atoms with Gasteiger partial charge in [0.1, 0.15) is 33.8 Å². The number of benzene rings is 4. The number of aliphatic hydroxyl groups excluding tert-OH is 1. The maximum atomic E-state index is 14.2. The van der Waals surface area contributed by atoms with Gasteiger partial charge >= 0.3 is 0 Å². The lowest BCUT2D eigenvalue weighted by Crippen LogP contribution is -2.13. The van der Waals surface area contributed by atoms with Crippen molar-refractivity contribution in [2.24, 2.45) is 23.7 Å². The molecule has 428 valence electrons. The maximum absolute atomic E-state index is 14.2. The molecular formula is C69H89N2O7S2+. The zero-order chi connectivity index (χ0) is 56.8. The summed E-state index contributed by atoms with van der Waals surface area (Å²) < 4.78 is 27.4. The van der Waals surface area contributed by atoms with Crippen molar-refractivity contribution in [1.29, 1.82) is 0 Å². The van der Waals surface area contributed by atoms with Crippen molar-refractivity contribution in [1.82, 2.24) is 4.58 Å². The summed E-state index contributed by atoms with van der Waals surface area (Å²) in [6.45, 7) is 20.5. The fourth-order valence-corrected chi connectivity index (χ4v) is 12.4. The quantitative estimate of drug-likeness (QED) is 0.0245. The molecule has 1 aliphatic heterocycles. The van der Waals surface area contributed by atoms with Gasteiger partial charge in [-0.25, -0.2) is 0 Å². The number of nitrogens with zero attached hydrogens (tertiary/aromatic N) is 2. The largest absolute Gasteiger partial charge is 0.506 e. The number of carbonyl (C=O) groups excluding carboxylic acids is 2. The maximum Gasteiger partial charge on any atom is 0.251 e. The zero-order valence-corrected chi connectivity index (χ0v) is 50.7. The molecule has 0 amide bonds. The summed E-state index contributed by atoms with van der Waals surface area (Å²) in [5.41, 5.74) is 3.58. The van der Waals surface area contributed by atoms with Crippen LogP contribution >= 0.6 is 23.1 Å². The summed E-state index contributed by atoms with van der Waals surface area (Å²) in [6, 6.07) is 36.3. The van der Waals surface area contributed by atoms with Gasteiger partial charge in [-0.2, -0.15) is 0 Å². The second-order valence-corrected chi connectivity index (χ2v) is 23.7. The summed E-state index contributed by atoms with van der Waals surface area (Å²) in [7, 11) is 0. The molecule has 2 heterocycles. The van der Waals surface area contributed by atoms with E-state index < -0.39 is 11.6 Å². The number of rotatable bonds is 34. The van der Waals surface area contributed by atoms with Crippen LogP contribution in [0.5, 0.6) is 23.0 Å². The highest BCUT2D eigenvalue weighted by atomic mass is 32.2. The Balaban J connectivity index is 1.19. The fraction of sp³-hybridized carbons (Fsp3) is 0.464. The first-order valence-electron chi connectivity index (χ1n) is 30.2. The average Bonchev–Trinajstić information content (AvgIpc) is 4.22. The van der Waals surface area contributed by atoms with E-state index in [0.717, 1.165) is 107 Å². The number of thiophene rings is 1. The van der Waals surface area contributed by atoms with Crippen molar-refractivity contribution in [3.63, 3.8) is 0 Å². The highest BCUT2D eigenvalue weighted by Crippen LogP contribution is 2.46. The van der Waals surface area contributed by atoms with Crippen LogP contribution in [-0.2, 0) is 9.59 Å². The van der Waals surface area contributed by atoms with Crippen LogP contribution in [-0.4, -0.2) is 48.1 Å². The number of ether oxygens (including phenoxy) is 4. The molecule has 4 aromatic carbocycles. The van der Waals surface area contributed by atoms with Crippen LogP contribution in [0.3, 0.4) is 0 Å².